The zero-order chi connectivity index (χ0) is 27.2. The van der Waals surface area contributed by atoms with E-state index in [-0.39, 0.29) is 30.5 Å². The van der Waals surface area contributed by atoms with Crippen LogP contribution in [0.3, 0.4) is 0 Å². The number of halogens is 5. The quantitative estimate of drug-likeness (QED) is 0.333. The van der Waals surface area contributed by atoms with Gasteiger partial charge in [0.05, 0.1) is 25.4 Å². The SMILES string of the molecule is C[C@H]1Cc2c([nH]c3cccc(F)c23)[C@H](c2c(F)cc(NC3CN(CCCF)C3)cc2F)N1CC(C)(F)CO. The molecule has 0 spiro atoms. The van der Waals surface area contributed by atoms with Crippen molar-refractivity contribution in [3.8, 4) is 0 Å². The Morgan fingerprint density at radius 1 is 1.13 bits per heavy atom. The van der Waals surface area contributed by atoms with E-state index in [0.29, 0.717) is 54.6 Å². The Bertz CT molecular complexity index is 1280. The lowest BCUT2D eigenvalue weighted by atomic mass is 9.87. The highest BCUT2D eigenvalue weighted by Crippen LogP contribution is 2.44. The van der Waals surface area contributed by atoms with E-state index < -0.39 is 41.8 Å². The van der Waals surface area contributed by atoms with Gasteiger partial charge in [0.15, 0.2) is 0 Å². The third-order valence-corrected chi connectivity index (χ3v) is 7.71. The number of aromatic amines is 1. The lowest BCUT2D eigenvalue weighted by Crippen LogP contribution is -2.54. The van der Waals surface area contributed by atoms with Gasteiger partial charge in [0.2, 0.25) is 0 Å². The first-order valence-electron chi connectivity index (χ1n) is 13.0. The van der Waals surface area contributed by atoms with Gasteiger partial charge in [0, 0.05) is 60.1 Å². The van der Waals surface area contributed by atoms with Gasteiger partial charge in [0.1, 0.15) is 23.1 Å². The number of aromatic nitrogens is 1. The summed E-state index contributed by atoms with van der Waals surface area (Å²) >= 11 is 0. The van der Waals surface area contributed by atoms with Crippen LogP contribution in [0.15, 0.2) is 30.3 Å². The molecular weight excluding hydrogens is 503 g/mol. The minimum Gasteiger partial charge on any atom is -0.393 e. The van der Waals surface area contributed by atoms with Crippen LogP contribution in [-0.4, -0.2) is 77.1 Å². The molecule has 1 saturated heterocycles. The highest BCUT2D eigenvalue weighted by atomic mass is 19.2. The number of nitrogens with one attached hydrogen (secondary N) is 2. The molecule has 3 aromatic rings. The lowest BCUT2D eigenvalue weighted by Gasteiger charge is -2.43. The molecule has 0 radical (unpaired) electrons. The molecule has 0 bridgehead atoms. The second-order valence-electron chi connectivity index (χ2n) is 10.9. The molecule has 3 N–H and O–H groups in total. The van der Waals surface area contributed by atoms with E-state index >= 15 is 13.2 Å². The Morgan fingerprint density at radius 3 is 2.50 bits per heavy atom. The number of hydrogen-bond acceptors (Lipinski definition) is 4. The summed E-state index contributed by atoms with van der Waals surface area (Å²) in [7, 11) is 0. The van der Waals surface area contributed by atoms with Gasteiger partial charge in [-0.05, 0) is 56.5 Å². The maximum absolute atomic E-state index is 15.8. The first-order chi connectivity index (χ1) is 18.1. The third-order valence-electron chi connectivity index (χ3n) is 7.71. The summed E-state index contributed by atoms with van der Waals surface area (Å²) in [4.78, 5) is 6.85. The minimum absolute atomic E-state index is 0.00875. The molecule has 5 rings (SSSR count). The van der Waals surface area contributed by atoms with Crippen molar-refractivity contribution < 1.29 is 27.1 Å². The number of aliphatic hydroxyl groups excluding tert-OH is 1. The van der Waals surface area contributed by atoms with Gasteiger partial charge >= 0.3 is 0 Å². The zero-order valence-corrected chi connectivity index (χ0v) is 21.5. The Kier molecular flexibility index (Phi) is 7.41. The van der Waals surface area contributed by atoms with Gasteiger partial charge in [-0.2, -0.15) is 0 Å². The number of likely N-dealkylation sites (tertiary alicyclic amines) is 1. The number of benzene rings is 2. The molecule has 0 aliphatic carbocycles. The normalized spacial score (nSPS) is 22.3. The van der Waals surface area contributed by atoms with Crippen molar-refractivity contribution in [2.45, 2.75) is 50.5 Å². The fourth-order valence-electron chi connectivity index (χ4n) is 5.85. The molecule has 5 nitrogen and oxygen atoms in total. The maximum Gasteiger partial charge on any atom is 0.143 e. The standard InChI is InChI=1S/C28H33F5N4O/c1-16-9-19-24-20(30)5-3-6-23(24)35-26(19)27(37(16)14-28(2,33)15-38)25-21(31)10-17(11-22(25)32)34-18-12-36(13-18)8-4-7-29/h3,5-6,10-11,16,18,27,34-35,38H,4,7-9,12-15H2,1-2H3/t16-,27-,28?/m0/s1. The average molecular weight is 537 g/mol. The summed E-state index contributed by atoms with van der Waals surface area (Å²) in [5.74, 6) is -2.05. The van der Waals surface area contributed by atoms with Crippen LogP contribution in [0.25, 0.3) is 10.9 Å². The summed E-state index contributed by atoms with van der Waals surface area (Å²) in [6.45, 7) is 3.58. The number of H-pyrrole nitrogens is 1. The summed E-state index contributed by atoms with van der Waals surface area (Å²) in [6.07, 6.45) is 0.798. The highest BCUT2D eigenvalue weighted by molar-refractivity contribution is 5.86. The second kappa shape index (κ2) is 10.5. The van der Waals surface area contributed by atoms with Crippen molar-refractivity contribution in [3.05, 3.63) is 64.6 Å². The van der Waals surface area contributed by atoms with E-state index in [1.807, 2.05) is 0 Å². The maximum atomic E-state index is 15.8. The van der Waals surface area contributed by atoms with Gasteiger partial charge in [-0.3, -0.25) is 14.2 Å². The number of rotatable bonds is 9. The van der Waals surface area contributed by atoms with Crippen LogP contribution in [0.4, 0.5) is 27.6 Å². The van der Waals surface area contributed by atoms with Crippen molar-refractivity contribution in [1.82, 2.24) is 14.8 Å². The fraction of sp³-hybridized carbons (Fsp3) is 0.500. The Hall–Kier alpha value is -2.69. The Morgan fingerprint density at radius 2 is 1.84 bits per heavy atom. The zero-order valence-electron chi connectivity index (χ0n) is 21.5. The van der Waals surface area contributed by atoms with Crippen molar-refractivity contribution in [1.29, 1.82) is 0 Å². The van der Waals surface area contributed by atoms with Crippen LogP contribution in [0.2, 0.25) is 0 Å². The van der Waals surface area contributed by atoms with Gasteiger partial charge < -0.3 is 15.4 Å². The molecule has 1 fully saturated rings. The van der Waals surface area contributed by atoms with E-state index in [2.05, 4.69) is 15.2 Å². The first-order valence-corrected chi connectivity index (χ1v) is 13.0. The van der Waals surface area contributed by atoms with E-state index in [1.54, 1.807) is 24.0 Å². The molecule has 1 aromatic heterocycles. The number of alkyl halides is 2. The third kappa shape index (κ3) is 5.01. The van der Waals surface area contributed by atoms with Gasteiger partial charge in [-0.1, -0.05) is 6.07 Å². The molecule has 10 heteroatoms. The molecule has 3 atom stereocenters. The number of hydrogen-bond donors (Lipinski definition) is 3. The van der Waals surface area contributed by atoms with E-state index in [1.165, 1.54) is 25.1 Å². The summed E-state index contributed by atoms with van der Waals surface area (Å²) in [6, 6.07) is 5.59. The Balaban J connectivity index is 1.52. The number of anilines is 1. The molecule has 206 valence electrons. The van der Waals surface area contributed by atoms with E-state index in [4.69, 9.17) is 0 Å². The summed E-state index contributed by atoms with van der Waals surface area (Å²) < 4.78 is 73.9. The molecule has 3 heterocycles. The highest BCUT2D eigenvalue weighted by Gasteiger charge is 2.42. The second-order valence-corrected chi connectivity index (χ2v) is 10.9. The largest absolute Gasteiger partial charge is 0.393 e. The monoisotopic (exact) mass is 536 g/mol. The molecule has 2 aliphatic rings. The fourth-order valence-corrected chi connectivity index (χ4v) is 5.85. The van der Waals surface area contributed by atoms with Crippen molar-refractivity contribution in [2.75, 3.05) is 44.8 Å². The van der Waals surface area contributed by atoms with E-state index in [0.717, 1.165) is 0 Å². The molecule has 0 amide bonds. The van der Waals surface area contributed by atoms with Crippen molar-refractivity contribution in [2.24, 2.45) is 0 Å². The molecule has 2 aromatic carbocycles. The first kappa shape index (κ1) is 26.9. The lowest BCUT2D eigenvalue weighted by molar-refractivity contribution is 0.0162. The van der Waals surface area contributed by atoms with Crippen LogP contribution < -0.4 is 5.32 Å². The van der Waals surface area contributed by atoms with Crippen LogP contribution in [0, 0.1) is 17.5 Å². The average Bonchev–Trinajstić information content (AvgIpc) is 3.21. The predicted molar refractivity (Wildman–Crippen MR) is 137 cm³/mol. The van der Waals surface area contributed by atoms with Crippen LogP contribution >= 0.6 is 0 Å². The predicted octanol–water partition coefficient (Wildman–Crippen LogP) is 5.10. The molecule has 2 aliphatic heterocycles. The van der Waals surface area contributed by atoms with Gasteiger partial charge in [-0.15, -0.1) is 0 Å². The van der Waals surface area contributed by atoms with Gasteiger partial charge in [0.25, 0.3) is 0 Å². The smallest absolute Gasteiger partial charge is 0.143 e. The Labute approximate surface area is 218 Å². The van der Waals surface area contributed by atoms with Crippen LogP contribution in [0.5, 0.6) is 0 Å². The molecular formula is C28H33F5N4O. The molecule has 1 unspecified atom stereocenters. The molecule has 38 heavy (non-hydrogen) atoms. The van der Waals surface area contributed by atoms with Gasteiger partial charge in [-0.25, -0.2) is 17.6 Å². The topological polar surface area (TPSA) is 54.5 Å². The van der Waals surface area contributed by atoms with Crippen molar-refractivity contribution in [3.63, 3.8) is 0 Å². The number of aliphatic hydroxyl groups is 1. The summed E-state index contributed by atoms with van der Waals surface area (Å²) in [5, 5.41) is 13.1. The van der Waals surface area contributed by atoms with E-state index in [9.17, 15) is 13.9 Å². The minimum atomic E-state index is -2.02. The van der Waals surface area contributed by atoms with Crippen LogP contribution in [-0.2, 0) is 6.42 Å². The van der Waals surface area contributed by atoms with Crippen molar-refractivity contribution >= 4 is 16.6 Å². The molecule has 0 saturated carbocycles. The number of nitrogens with zero attached hydrogens (tertiary/aromatic N) is 2. The van der Waals surface area contributed by atoms with Crippen LogP contribution in [0.1, 0.15) is 43.1 Å². The summed E-state index contributed by atoms with van der Waals surface area (Å²) in [5.41, 5.74) is -0.475. The number of fused-ring (bicyclic) bond motifs is 3.